The summed E-state index contributed by atoms with van der Waals surface area (Å²) in [6.45, 7) is 5.89. The number of ether oxygens (including phenoxy) is 3. The van der Waals surface area contributed by atoms with E-state index in [1.165, 1.54) is 0 Å². The Morgan fingerprint density at radius 1 is 1.17 bits per heavy atom. The van der Waals surface area contributed by atoms with Crippen LogP contribution in [0.4, 0.5) is 0 Å². The summed E-state index contributed by atoms with van der Waals surface area (Å²) in [6, 6.07) is 3.32. The molecule has 0 spiro atoms. The largest absolute Gasteiger partial charge is 0.495 e. The first-order chi connectivity index (χ1) is 10.9. The number of benzene rings is 1. The van der Waals surface area contributed by atoms with E-state index in [0.717, 1.165) is 25.9 Å². The fraction of sp³-hybridized carbons (Fsp3) is 0.588. The average Bonchev–Trinajstić information content (AvgIpc) is 2.55. The highest BCUT2D eigenvalue weighted by Gasteiger charge is 2.34. The zero-order valence-electron chi connectivity index (χ0n) is 14.1. The maximum atomic E-state index is 12.6. The molecule has 1 N–H and O–H groups in total. The monoisotopic (exact) mass is 385 g/mol. The van der Waals surface area contributed by atoms with Gasteiger partial charge in [-0.3, -0.25) is 0 Å². The topological polar surface area (TPSA) is 56.8 Å². The van der Waals surface area contributed by atoms with Crippen LogP contribution in [-0.4, -0.2) is 38.9 Å². The van der Waals surface area contributed by atoms with E-state index in [4.69, 9.17) is 14.2 Å². The molecule has 0 amide bonds. The molecule has 6 heteroatoms. The summed E-state index contributed by atoms with van der Waals surface area (Å²) in [5.41, 5.74) is -0.0869. The average molecular weight is 386 g/mol. The first-order valence-electron chi connectivity index (χ1n) is 7.74. The van der Waals surface area contributed by atoms with Crippen molar-refractivity contribution in [3.8, 4) is 11.5 Å². The zero-order valence-corrected chi connectivity index (χ0v) is 15.7. The van der Waals surface area contributed by atoms with Crippen LogP contribution in [0.5, 0.6) is 11.5 Å². The lowest BCUT2D eigenvalue weighted by Gasteiger charge is -2.36. The number of hydrogen-bond donors (Lipinski definition) is 1. The van der Waals surface area contributed by atoms with Crippen molar-refractivity contribution >= 4 is 21.9 Å². The van der Waals surface area contributed by atoms with E-state index < -0.39 is 5.60 Å². The van der Waals surface area contributed by atoms with Gasteiger partial charge < -0.3 is 19.5 Å². The van der Waals surface area contributed by atoms with Crippen LogP contribution in [0.25, 0.3) is 0 Å². The number of nitrogens with one attached hydrogen (secondary N) is 1. The van der Waals surface area contributed by atoms with Gasteiger partial charge in [0.25, 0.3) is 0 Å². The SMILES string of the molecule is COc1cc(C(=O)OC(C)(C)C2CCNCC2)cc(OC)c1Br. The molecule has 0 atom stereocenters. The van der Waals surface area contributed by atoms with Crippen LogP contribution in [0.2, 0.25) is 0 Å². The minimum Gasteiger partial charge on any atom is -0.495 e. The highest BCUT2D eigenvalue weighted by Crippen LogP contribution is 2.37. The van der Waals surface area contributed by atoms with E-state index in [9.17, 15) is 4.79 Å². The number of piperidine rings is 1. The highest BCUT2D eigenvalue weighted by molar-refractivity contribution is 9.10. The molecule has 0 radical (unpaired) electrons. The molecule has 2 rings (SSSR count). The predicted molar refractivity (Wildman–Crippen MR) is 92.3 cm³/mol. The summed E-state index contributed by atoms with van der Waals surface area (Å²) in [7, 11) is 3.10. The third-order valence-electron chi connectivity index (χ3n) is 4.36. The standard InChI is InChI=1S/C17H24BrNO4/c1-17(2,12-5-7-19-8-6-12)23-16(20)11-9-13(21-3)15(18)14(10-11)22-4/h9-10,12,19H,5-8H2,1-4H3. The highest BCUT2D eigenvalue weighted by atomic mass is 79.9. The van der Waals surface area contributed by atoms with Crippen molar-refractivity contribution < 1.29 is 19.0 Å². The van der Waals surface area contributed by atoms with Crippen LogP contribution in [0.3, 0.4) is 0 Å². The second-order valence-electron chi connectivity index (χ2n) is 6.21. The summed E-state index contributed by atoms with van der Waals surface area (Å²) >= 11 is 3.40. The Morgan fingerprint density at radius 2 is 1.70 bits per heavy atom. The van der Waals surface area contributed by atoms with Gasteiger partial charge in [0, 0.05) is 5.92 Å². The molecular weight excluding hydrogens is 362 g/mol. The molecule has 1 aromatic rings. The number of hydrogen-bond acceptors (Lipinski definition) is 5. The van der Waals surface area contributed by atoms with Crippen LogP contribution in [-0.2, 0) is 4.74 Å². The van der Waals surface area contributed by atoms with E-state index in [1.807, 2.05) is 13.8 Å². The molecule has 0 aromatic heterocycles. The molecule has 1 fully saturated rings. The van der Waals surface area contributed by atoms with Crippen molar-refractivity contribution in [1.82, 2.24) is 5.32 Å². The van der Waals surface area contributed by atoms with Gasteiger partial charge in [0.1, 0.15) is 21.6 Å². The smallest absolute Gasteiger partial charge is 0.338 e. The van der Waals surface area contributed by atoms with E-state index in [2.05, 4.69) is 21.2 Å². The number of carbonyl (C=O) groups excluding carboxylic acids is 1. The van der Waals surface area contributed by atoms with Crippen molar-refractivity contribution in [2.75, 3.05) is 27.3 Å². The Morgan fingerprint density at radius 3 is 2.17 bits per heavy atom. The molecule has 1 aliphatic heterocycles. The predicted octanol–water partition coefficient (Wildman–Crippen LogP) is 3.40. The van der Waals surface area contributed by atoms with Gasteiger partial charge >= 0.3 is 5.97 Å². The minimum atomic E-state index is -0.507. The number of rotatable bonds is 5. The van der Waals surface area contributed by atoms with Gasteiger partial charge in [-0.25, -0.2) is 4.79 Å². The number of halogens is 1. The van der Waals surface area contributed by atoms with E-state index in [-0.39, 0.29) is 5.97 Å². The minimum absolute atomic E-state index is 0.354. The number of carbonyl (C=O) groups is 1. The summed E-state index contributed by atoms with van der Waals surface area (Å²) in [6.07, 6.45) is 2.01. The molecule has 23 heavy (non-hydrogen) atoms. The van der Waals surface area contributed by atoms with Gasteiger partial charge in [0.2, 0.25) is 0 Å². The summed E-state index contributed by atoms with van der Waals surface area (Å²) in [4.78, 5) is 12.6. The Kier molecular flexibility index (Phi) is 5.92. The third kappa shape index (κ3) is 4.18. The quantitative estimate of drug-likeness (QED) is 0.787. The van der Waals surface area contributed by atoms with Gasteiger partial charge in [-0.2, -0.15) is 0 Å². The van der Waals surface area contributed by atoms with E-state index >= 15 is 0 Å². The van der Waals surface area contributed by atoms with E-state index in [1.54, 1.807) is 26.4 Å². The van der Waals surface area contributed by atoms with Crippen LogP contribution in [0.15, 0.2) is 16.6 Å². The Hall–Kier alpha value is -1.27. The maximum absolute atomic E-state index is 12.6. The second kappa shape index (κ2) is 7.53. The van der Waals surface area contributed by atoms with Crippen molar-refractivity contribution in [3.63, 3.8) is 0 Å². The van der Waals surface area contributed by atoms with Crippen LogP contribution in [0, 0.1) is 5.92 Å². The molecule has 1 aromatic carbocycles. The lowest BCUT2D eigenvalue weighted by atomic mass is 9.83. The van der Waals surface area contributed by atoms with Gasteiger partial charge in [-0.1, -0.05) is 0 Å². The Labute approximate surface area is 145 Å². The molecule has 1 saturated heterocycles. The summed E-state index contributed by atoms with van der Waals surface area (Å²) in [5, 5.41) is 3.33. The molecular formula is C17H24BrNO4. The summed E-state index contributed by atoms with van der Waals surface area (Å²) < 4.78 is 17.1. The van der Waals surface area contributed by atoms with Gasteiger partial charge in [0.15, 0.2) is 0 Å². The zero-order chi connectivity index (χ0) is 17.0. The molecule has 0 unspecified atom stereocenters. The second-order valence-corrected chi connectivity index (χ2v) is 7.00. The fourth-order valence-electron chi connectivity index (χ4n) is 2.89. The van der Waals surface area contributed by atoms with Crippen LogP contribution < -0.4 is 14.8 Å². The molecule has 0 saturated carbocycles. The molecule has 1 aliphatic rings. The van der Waals surface area contributed by atoms with Crippen LogP contribution >= 0.6 is 15.9 Å². The normalized spacial score (nSPS) is 16.0. The van der Waals surface area contributed by atoms with Gasteiger partial charge in [-0.05, 0) is 67.8 Å². The molecule has 0 aliphatic carbocycles. The van der Waals surface area contributed by atoms with Crippen molar-refractivity contribution in [2.45, 2.75) is 32.3 Å². The van der Waals surface area contributed by atoms with Gasteiger partial charge in [-0.15, -0.1) is 0 Å². The maximum Gasteiger partial charge on any atom is 0.338 e. The van der Waals surface area contributed by atoms with Crippen molar-refractivity contribution in [1.29, 1.82) is 0 Å². The van der Waals surface area contributed by atoms with Crippen molar-refractivity contribution in [3.05, 3.63) is 22.2 Å². The Balaban J connectivity index is 2.19. The Bertz CT molecular complexity index is 543. The lowest BCUT2D eigenvalue weighted by Crippen LogP contribution is -2.42. The number of methoxy groups -OCH3 is 2. The van der Waals surface area contributed by atoms with Gasteiger partial charge in [0.05, 0.1) is 19.8 Å². The molecule has 0 bridgehead atoms. The molecule has 128 valence electrons. The fourth-order valence-corrected chi connectivity index (χ4v) is 3.44. The van der Waals surface area contributed by atoms with Crippen LogP contribution in [0.1, 0.15) is 37.0 Å². The molecule has 1 heterocycles. The first kappa shape index (κ1) is 18.1. The first-order valence-corrected chi connectivity index (χ1v) is 8.54. The molecule has 5 nitrogen and oxygen atoms in total. The van der Waals surface area contributed by atoms with E-state index in [0.29, 0.717) is 27.5 Å². The lowest BCUT2D eigenvalue weighted by molar-refractivity contribution is -0.0368. The van der Waals surface area contributed by atoms with Crippen molar-refractivity contribution in [2.24, 2.45) is 5.92 Å². The summed E-state index contributed by atoms with van der Waals surface area (Å²) in [5.74, 6) is 1.07. The third-order valence-corrected chi connectivity index (χ3v) is 5.14. The number of esters is 1.